The molecule has 2 rings (SSSR count). The molecule has 1 aliphatic rings. The number of rotatable bonds is 3. The van der Waals surface area contributed by atoms with E-state index in [-0.39, 0.29) is 18.0 Å². The van der Waals surface area contributed by atoms with Gasteiger partial charge in [-0.05, 0) is 13.8 Å². The summed E-state index contributed by atoms with van der Waals surface area (Å²) in [6.45, 7) is 5.96. The van der Waals surface area contributed by atoms with Crippen LogP contribution in [0.4, 0.5) is 6.01 Å². The maximum absolute atomic E-state index is 12.0. The molecule has 0 aromatic carbocycles. The van der Waals surface area contributed by atoms with Crippen LogP contribution >= 0.6 is 0 Å². The first kappa shape index (κ1) is 11.8. The van der Waals surface area contributed by atoms with Gasteiger partial charge >= 0.3 is 6.01 Å². The summed E-state index contributed by atoms with van der Waals surface area (Å²) < 4.78 is 10.1. The number of ether oxygens (including phenoxy) is 1. The van der Waals surface area contributed by atoms with Gasteiger partial charge in [0.05, 0.1) is 13.2 Å². The van der Waals surface area contributed by atoms with Gasteiger partial charge < -0.3 is 19.5 Å². The molecule has 1 N–H and O–H groups in total. The largest absolute Gasteiger partial charge is 0.378 e. The highest BCUT2D eigenvalue weighted by molar-refractivity contribution is 5.83. The number of nitrogens with zero attached hydrogens (tertiary/aromatic N) is 3. The lowest BCUT2D eigenvalue weighted by Crippen LogP contribution is -2.47. The summed E-state index contributed by atoms with van der Waals surface area (Å²) in [5, 5.41) is 6.54. The molecule has 0 spiro atoms. The van der Waals surface area contributed by atoms with Crippen molar-refractivity contribution >= 4 is 11.9 Å². The van der Waals surface area contributed by atoms with Gasteiger partial charge in [-0.15, -0.1) is 0 Å². The monoisotopic (exact) mass is 240 g/mol. The van der Waals surface area contributed by atoms with Crippen LogP contribution in [0.15, 0.2) is 4.52 Å². The smallest absolute Gasteiger partial charge is 0.322 e. The minimum absolute atomic E-state index is 0.0177. The number of nitrogens with one attached hydrogen (secondary N) is 1. The van der Waals surface area contributed by atoms with E-state index in [1.165, 1.54) is 0 Å². The molecule has 1 amide bonds. The molecule has 0 aliphatic carbocycles. The first-order chi connectivity index (χ1) is 8.16. The van der Waals surface area contributed by atoms with Gasteiger partial charge in [-0.2, -0.15) is 4.98 Å². The molecule has 1 aromatic heterocycles. The van der Waals surface area contributed by atoms with Crippen LogP contribution in [-0.2, 0) is 9.53 Å². The summed E-state index contributed by atoms with van der Waals surface area (Å²) in [4.78, 5) is 17.8. The number of aromatic nitrogens is 2. The Labute approximate surface area is 99.1 Å². The fourth-order valence-corrected chi connectivity index (χ4v) is 1.66. The molecule has 1 aromatic rings. The molecule has 7 nitrogen and oxygen atoms in total. The predicted octanol–water partition coefficient (Wildman–Crippen LogP) is 0.0372. The van der Waals surface area contributed by atoms with Gasteiger partial charge in [-0.1, -0.05) is 5.16 Å². The highest BCUT2D eigenvalue weighted by Crippen LogP contribution is 2.07. The van der Waals surface area contributed by atoms with E-state index < -0.39 is 0 Å². The minimum atomic E-state index is -0.382. The maximum Gasteiger partial charge on any atom is 0.322 e. The fraction of sp³-hybridized carbons (Fsp3) is 0.700. The van der Waals surface area contributed by atoms with Crippen LogP contribution in [0, 0.1) is 6.92 Å². The Morgan fingerprint density at radius 3 is 2.76 bits per heavy atom. The van der Waals surface area contributed by atoms with E-state index in [9.17, 15) is 4.79 Å². The molecule has 94 valence electrons. The summed E-state index contributed by atoms with van der Waals surface area (Å²) in [7, 11) is 0. The van der Waals surface area contributed by atoms with Crippen LogP contribution in [0.25, 0.3) is 0 Å². The number of amides is 1. The Morgan fingerprint density at radius 1 is 1.47 bits per heavy atom. The lowest BCUT2D eigenvalue weighted by atomic mass is 10.2. The fourth-order valence-electron chi connectivity index (χ4n) is 1.66. The van der Waals surface area contributed by atoms with Crippen molar-refractivity contribution in [3.63, 3.8) is 0 Å². The standard InChI is InChI=1S/C10H16N4O3/c1-7(11-10-12-8(2)13-17-10)9(15)14-3-5-16-6-4-14/h7H,3-6H2,1-2H3,(H,11,12,13). The summed E-state index contributed by atoms with van der Waals surface area (Å²) >= 11 is 0. The van der Waals surface area contributed by atoms with Crippen molar-refractivity contribution < 1.29 is 14.1 Å². The number of anilines is 1. The molecule has 1 unspecified atom stereocenters. The van der Waals surface area contributed by atoms with Gasteiger partial charge in [0.2, 0.25) is 5.91 Å². The molecule has 1 fully saturated rings. The molecule has 1 aliphatic heterocycles. The summed E-state index contributed by atoms with van der Waals surface area (Å²) in [6, 6.07) is -0.107. The molecule has 1 atom stereocenters. The van der Waals surface area contributed by atoms with E-state index in [4.69, 9.17) is 9.26 Å². The number of carbonyl (C=O) groups excluding carboxylic acids is 1. The van der Waals surface area contributed by atoms with Crippen molar-refractivity contribution in [3.05, 3.63) is 5.82 Å². The van der Waals surface area contributed by atoms with Crippen molar-refractivity contribution in [1.29, 1.82) is 0 Å². The van der Waals surface area contributed by atoms with Crippen LogP contribution in [0.2, 0.25) is 0 Å². The first-order valence-corrected chi connectivity index (χ1v) is 5.60. The zero-order chi connectivity index (χ0) is 12.3. The van der Waals surface area contributed by atoms with Crippen LogP contribution in [0.1, 0.15) is 12.7 Å². The van der Waals surface area contributed by atoms with Gasteiger partial charge in [0.25, 0.3) is 0 Å². The molecular formula is C10H16N4O3. The third-order valence-corrected chi connectivity index (χ3v) is 2.56. The number of aryl methyl sites for hydroxylation is 1. The molecule has 0 bridgehead atoms. The lowest BCUT2D eigenvalue weighted by Gasteiger charge is -2.29. The van der Waals surface area contributed by atoms with Crippen molar-refractivity contribution in [2.45, 2.75) is 19.9 Å². The van der Waals surface area contributed by atoms with Gasteiger partial charge in [0.1, 0.15) is 6.04 Å². The molecule has 7 heteroatoms. The third kappa shape index (κ3) is 2.94. The Bertz CT molecular complexity index is 387. The number of carbonyl (C=O) groups is 1. The van der Waals surface area contributed by atoms with Crippen LogP contribution in [-0.4, -0.2) is 53.3 Å². The third-order valence-electron chi connectivity index (χ3n) is 2.56. The Morgan fingerprint density at radius 2 is 2.18 bits per heavy atom. The number of morpholine rings is 1. The summed E-state index contributed by atoms with van der Waals surface area (Å²) in [5.74, 6) is 0.558. The second-order valence-corrected chi connectivity index (χ2v) is 3.95. The maximum atomic E-state index is 12.0. The lowest BCUT2D eigenvalue weighted by molar-refractivity contribution is -0.135. The van der Waals surface area contributed by atoms with Crippen molar-refractivity contribution in [1.82, 2.24) is 15.0 Å². The van der Waals surface area contributed by atoms with E-state index in [1.807, 2.05) is 0 Å². The number of hydrogen-bond donors (Lipinski definition) is 1. The normalized spacial score (nSPS) is 17.9. The molecular weight excluding hydrogens is 224 g/mol. The zero-order valence-electron chi connectivity index (χ0n) is 9.97. The molecule has 2 heterocycles. The highest BCUT2D eigenvalue weighted by Gasteiger charge is 2.23. The van der Waals surface area contributed by atoms with E-state index >= 15 is 0 Å². The second-order valence-electron chi connectivity index (χ2n) is 3.95. The van der Waals surface area contributed by atoms with Crippen molar-refractivity contribution in [2.75, 3.05) is 31.6 Å². The first-order valence-electron chi connectivity index (χ1n) is 5.60. The average Bonchev–Trinajstić information content (AvgIpc) is 2.75. The molecule has 1 saturated heterocycles. The Hall–Kier alpha value is -1.63. The van der Waals surface area contributed by atoms with Crippen molar-refractivity contribution in [3.8, 4) is 0 Å². The Balaban J connectivity index is 1.90. The molecule has 0 radical (unpaired) electrons. The quantitative estimate of drug-likeness (QED) is 0.803. The van der Waals surface area contributed by atoms with Gasteiger partial charge in [0, 0.05) is 13.1 Å². The molecule has 17 heavy (non-hydrogen) atoms. The van der Waals surface area contributed by atoms with Gasteiger partial charge in [0.15, 0.2) is 5.82 Å². The van der Waals surface area contributed by atoms with Crippen LogP contribution < -0.4 is 5.32 Å². The summed E-state index contributed by atoms with van der Waals surface area (Å²) in [6.07, 6.45) is 0. The summed E-state index contributed by atoms with van der Waals surface area (Å²) in [5.41, 5.74) is 0. The Kier molecular flexibility index (Phi) is 3.58. The highest BCUT2D eigenvalue weighted by atomic mass is 16.5. The topological polar surface area (TPSA) is 80.5 Å². The van der Waals surface area contributed by atoms with E-state index in [0.717, 1.165) is 0 Å². The average molecular weight is 240 g/mol. The van der Waals surface area contributed by atoms with Gasteiger partial charge in [-0.25, -0.2) is 0 Å². The molecule has 0 saturated carbocycles. The predicted molar refractivity (Wildman–Crippen MR) is 59.5 cm³/mol. The van der Waals surface area contributed by atoms with Gasteiger partial charge in [-0.3, -0.25) is 4.79 Å². The van der Waals surface area contributed by atoms with Crippen molar-refractivity contribution in [2.24, 2.45) is 0 Å². The van der Waals surface area contributed by atoms with E-state index in [2.05, 4.69) is 15.5 Å². The van der Waals surface area contributed by atoms with E-state index in [1.54, 1.807) is 18.7 Å². The SMILES string of the molecule is Cc1noc(NC(C)C(=O)N2CCOCC2)n1. The minimum Gasteiger partial charge on any atom is -0.378 e. The second kappa shape index (κ2) is 5.13. The van der Waals surface area contributed by atoms with Crippen LogP contribution in [0.3, 0.4) is 0 Å². The van der Waals surface area contributed by atoms with Crippen LogP contribution in [0.5, 0.6) is 0 Å². The zero-order valence-corrected chi connectivity index (χ0v) is 9.97. The number of hydrogen-bond acceptors (Lipinski definition) is 6. The van der Waals surface area contributed by atoms with E-state index in [0.29, 0.717) is 32.1 Å².